The van der Waals surface area contributed by atoms with Crippen molar-refractivity contribution in [2.45, 2.75) is 36.5 Å². The number of thiophene rings is 1. The molecule has 1 fully saturated rings. The van der Waals surface area contributed by atoms with Crippen LogP contribution in [0.5, 0.6) is 0 Å². The van der Waals surface area contributed by atoms with Gasteiger partial charge in [0, 0.05) is 30.0 Å². The lowest BCUT2D eigenvalue weighted by molar-refractivity contribution is 0.587. The van der Waals surface area contributed by atoms with Gasteiger partial charge in [-0.05, 0) is 68.6 Å². The molecule has 0 saturated carbocycles. The Kier molecular flexibility index (Phi) is 6.20. The second-order valence-electron chi connectivity index (χ2n) is 8.54. The Hall–Kier alpha value is -3.08. The molecule has 0 radical (unpaired) electrons. The number of anilines is 3. The van der Waals surface area contributed by atoms with E-state index in [-0.39, 0.29) is 4.90 Å². The maximum absolute atomic E-state index is 12.5. The number of benzene rings is 1. The van der Waals surface area contributed by atoms with Gasteiger partial charge in [-0.2, -0.15) is 0 Å². The summed E-state index contributed by atoms with van der Waals surface area (Å²) >= 11 is 1.63. The summed E-state index contributed by atoms with van der Waals surface area (Å²) in [6.45, 7) is 5.28. The fourth-order valence-corrected chi connectivity index (χ4v) is 5.76. The van der Waals surface area contributed by atoms with Crippen LogP contribution in [0.4, 0.5) is 17.3 Å². The van der Waals surface area contributed by atoms with Crippen molar-refractivity contribution in [2.24, 2.45) is 0 Å². The summed E-state index contributed by atoms with van der Waals surface area (Å²) in [5.74, 6) is 2.04. The van der Waals surface area contributed by atoms with Crippen LogP contribution in [-0.4, -0.2) is 47.8 Å². The molecule has 1 saturated heterocycles. The van der Waals surface area contributed by atoms with Gasteiger partial charge in [-0.15, -0.1) is 11.3 Å². The summed E-state index contributed by atoms with van der Waals surface area (Å²) in [5.41, 5.74) is 2.38. The summed E-state index contributed by atoms with van der Waals surface area (Å²) in [4.78, 5) is 14.3. The molecule has 3 N–H and O–H groups in total. The predicted molar refractivity (Wildman–Crippen MR) is 138 cm³/mol. The van der Waals surface area contributed by atoms with Crippen molar-refractivity contribution in [3.63, 3.8) is 0 Å². The van der Waals surface area contributed by atoms with Gasteiger partial charge < -0.3 is 16.0 Å². The molecule has 5 rings (SSSR count). The van der Waals surface area contributed by atoms with Crippen LogP contribution in [0.3, 0.4) is 0 Å². The molecule has 10 heteroatoms. The van der Waals surface area contributed by atoms with Crippen molar-refractivity contribution in [3.05, 3.63) is 54.0 Å². The van der Waals surface area contributed by atoms with Crippen LogP contribution >= 0.6 is 11.3 Å². The summed E-state index contributed by atoms with van der Waals surface area (Å²) in [5, 5.41) is 11.7. The zero-order chi connectivity index (χ0) is 23.7. The van der Waals surface area contributed by atoms with E-state index < -0.39 is 15.1 Å². The molecule has 0 bridgehead atoms. The molecule has 1 atom stereocenters. The fourth-order valence-electron chi connectivity index (χ4n) is 3.87. The van der Waals surface area contributed by atoms with E-state index in [1.54, 1.807) is 49.6 Å². The molecule has 0 aliphatic carbocycles. The van der Waals surface area contributed by atoms with E-state index in [1.807, 2.05) is 29.6 Å². The number of sulfone groups is 1. The van der Waals surface area contributed by atoms with Crippen LogP contribution in [0.1, 0.15) is 20.3 Å². The third-order valence-corrected chi connectivity index (χ3v) is 8.84. The van der Waals surface area contributed by atoms with Crippen molar-refractivity contribution < 1.29 is 8.42 Å². The molecule has 4 aromatic rings. The summed E-state index contributed by atoms with van der Waals surface area (Å²) in [6, 6.07) is 12.9. The molecule has 0 spiro atoms. The minimum Gasteiger partial charge on any atom is -0.365 e. The molecule has 3 aromatic heterocycles. The SMILES string of the molecule is CC(C)S(=O)(=O)c1cccc(Nc2cc(-c3nc(N[C@@H]4CCNC4)c4sccc4n3)ccn2)c1. The van der Waals surface area contributed by atoms with Gasteiger partial charge in [-0.1, -0.05) is 6.07 Å². The molecule has 4 heterocycles. The van der Waals surface area contributed by atoms with Crippen molar-refractivity contribution in [3.8, 4) is 11.4 Å². The average Bonchev–Trinajstić information content (AvgIpc) is 3.51. The van der Waals surface area contributed by atoms with E-state index in [1.165, 1.54) is 0 Å². The molecule has 1 aliphatic heterocycles. The minimum atomic E-state index is -3.36. The number of aromatic nitrogens is 3. The van der Waals surface area contributed by atoms with Gasteiger partial charge in [0.05, 0.1) is 20.4 Å². The highest BCUT2D eigenvalue weighted by Gasteiger charge is 2.20. The number of pyridine rings is 1. The Morgan fingerprint density at radius 2 is 2.03 bits per heavy atom. The third kappa shape index (κ3) is 4.61. The highest BCUT2D eigenvalue weighted by Crippen LogP contribution is 2.31. The quantitative estimate of drug-likeness (QED) is 0.346. The molecule has 1 aromatic carbocycles. The Morgan fingerprint density at radius 3 is 2.82 bits per heavy atom. The van der Waals surface area contributed by atoms with E-state index in [2.05, 4.69) is 20.9 Å². The van der Waals surface area contributed by atoms with E-state index >= 15 is 0 Å². The van der Waals surface area contributed by atoms with Gasteiger partial charge in [-0.3, -0.25) is 0 Å². The maximum Gasteiger partial charge on any atom is 0.180 e. The molecular formula is C24H26N6O2S2. The lowest BCUT2D eigenvalue weighted by Crippen LogP contribution is -2.22. The highest BCUT2D eigenvalue weighted by molar-refractivity contribution is 7.92. The Morgan fingerprint density at radius 1 is 1.15 bits per heavy atom. The zero-order valence-electron chi connectivity index (χ0n) is 18.9. The first kappa shape index (κ1) is 22.7. The molecule has 34 heavy (non-hydrogen) atoms. The highest BCUT2D eigenvalue weighted by atomic mass is 32.2. The monoisotopic (exact) mass is 494 g/mol. The van der Waals surface area contributed by atoms with Gasteiger partial charge in [0.1, 0.15) is 11.6 Å². The minimum absolute atomic E-state index is 0.284. The first-order valence-electron chi connectivity index (χ1n) is 11.2. The molecular weight excluding hydrogens is 468 g/mol. The number of hydrogen-bond acceptors (Lipinski definition) is 9. The summed E-state index contributed by atoms with van der Waals surface area (Å²) in [6.07, 6.45) is 2.75. The lowest BCUT2D eigenvalue weighted by Gasteiger charge is -2.14. The van der Waals surface area contributed by atoms with Crippen molar-refractivity contribution in [1.82, 2.24) is 20.3 Å². The van der Waals surface area contributed by atoms with E-state index in [9.17, 15) is 8.42 Å². The average molecular weight is 495 g/mol. The van der Waals surface area contributed by atoms with Crippen LogP contribution in [0.2, 0.25) is 0 Å². The Bertz CT molecular complexity index is 1430. The van der Waals surface area contributed by atoms with Crippen molar-refractivity contribution in [1.29, 1.82) is 0 Å². The number of fused-ring (bicyclic) bond motifs is 1. The number of nitrogens with zero attached hydrogens (tertiary/aromatic N) is 3. The Balaban J connectivity index is 1.45. The first-order chi connectivity index (χ1) is 16.4. The number of nitrogens with one attached hydrogen (secondary N) is 3. The normalized spacial score (nSPS) is 16.3. The third-order valence-electron chi connectivity index (χ3n) is 5.78. The van der Waals surface area contributed by atoms with Gasteiger partial charge in [0.25, 0.3) is 0 Å². The topological polar surface area (TPSA) is 109 Å². The van der Waals surface area contributed by atoms with Gasteiger partial charge >= 0.3 is 0 Å². The Labute approximate surface area is 202 Å². The van der Waals surface area contributed by atoms with Gasteiger partial charge in [0.2, 0.25) is 0 Å². The van der Waals surface area contributed by atoms with Crippen LogP contribution in [0.15, 0.2) is 58.9 Å². The van der Waals surface area contributed by atoms with Gasteiger partial charge in [0.15, 0.2) is 15.7 Å². The maximum atomic E-state index is 12.5. The van der Waals surface area contributed by atoms with Crippen molar-refractivity contribution >= 4 is 48.7 Å². The van der Waals surface area contributed by atoms with Crippen LogP contribution < -0.4 is 16.0 Å². The summed E-state index contributed by atoms with van der Waals surface area (Å²) < 4.78 is 26.1. The second kappa shape index (κ2) is 9.28. The number of rotatable bonds is 7. The van der Waals surface area contributed by atoms with Crippen LogP contribution in [0, 0.1) is 0 Å². The molecule has 176 valence electrons. The predicted octanol–water partition coefficient (Wildman–Crippen LogP) is 4.45. The second-order valence-corrected chi connectivity index (χ2v) is 12.0. The molecule has 0 amide bonds. The van der Waals surface area contributed by atoms with E-state index in [4.69, 9.17) is 9.97 Å². The molecule has 0 unspecified atom stereocenters. The van der Waals surface area contributed by atoms with E-state index in [0.29, 0.717) is 23.4 Å². The van der Waals surface area contributed by atoms with Crippen molar-refractivity contribution in [2.75, 3.05) is 23.7 Å². The molecule has 1 aliphatic rings. The smallest absolute Gasteiger partial charge is 0.180 e. The zero-order valence-corrected chi connectivity index (χ0v) is 20.6. The molecule has 8 nitrogen and oxygen atoms in total. The standard InChI is InChI=1S/C24H26N6O2S2/c1-15(2)34(31,32)19-5-3-4-17(13-19)27-21-12-16(6-10-26-21)23-29-20-8-11-33-22(20)24(30-23)28-18-7-9-25-14-18/h3-6,8,10-13,15,18,25H,7,9,14H2,1-2H3,(H,26,27)(H,28,29,30)/t18-/m1/s1. The first-order valence-corrected chi connectivity index (χ1v) is 13.6. The van der Waals surface area contributed by atoms with Crippen LogP contribution in [0.25, 0.3) is 21.6 Å². The lowest BCUT2D eigenvalue weighted by atomic mass is 10.2. The van der Waals surface area contributed by atoms with E-state index in [0.717, 1.165) is 41.1 Å². The van der Waals surface area contributed by atoms with Gasteiger partial charge in [-0.25, -0.2) is 23.4 Å². The van der Waals surface area contributed by atoms with Crippen LogP contribution in [-0.2, 0) is 9.84 Å². The summed E-state index contributed by atoms with van der Waals surface area (Å²) in [7, 11) is -3.36. The fraction of sp³-hybridized carbons (Fsp3) is 0.292. The largest absolute Gasteiger partial charge is 0.365 e. The number of hydrogen-bond donors (Lipinski definition) is 3.